The van der Waals surface area contributed by atoms with Crippen molar-refractivity contribution < 1.29 is 41.5 Å². The van der Waals surface area contributed by atoms with Crippen LogP contribution in [0.5, 0.6) is 17.2 Å². The van der Waals surface area contributed by atoms with Gasteiger partial charge < -0.3 is 19.3 Å². The first kappa shape index (κ1) is 28.5. The van der Waals surface area contributed by atoms with Gasteiger partial charge in [-0.3, -0.25) is 4.79 Å². The van der Waals surface area contributed by atoms with Crippen molar-refractivity contribution in [2.24, 2.45) is 0 Å². The molecule has 0 aromatic heterocycles. The van der Waals surface area contributed by atoms with Crippen molar-refractivity contribution in [3.8, 4) is 28.4 Å². The minimum Gasteiger partial charge on any atom is -0.492 e. The average Bonchev–Trinajstić information content (AvgIpc) is 3.67. The van der Waals surface area contributed by atoms with Gasteiger partial charge >= 0.3 is 12.1 Å². The third-order valence-corrected chi connectivity index (χ3v) is 9.20. The zero-order valence-corrected chi connectivity index (χ0v) is 23.7. The van der Waals surface area contributed by atoms with Crippen LogP contribution >= 0.6 is 0 Å². The Hall–Kier alpha value is -3.57. The van der Waals surface area contributed by atoms with Crippen LogP contribution in [-0.4, -0.2) is 51.6 Å². The lowest BCUT2D eigenvalue weighted by molar-refractivity contribution is -0.138. The van der Waals surface area contributed by atoms with Crippen LogP contribution in [0, 0.1) is 0 Å². The van der Waals surface area contributed by atoms with Crippen molar-refractivity contribution in [2.45, 2.75) is 50.0 Å². The Labute approximate surface area is 243 Å². The normalized spacial score (nSPS) is 22.3. The molecule has 0 radical (unpaired) electrons. The van der Waals surface area contributed by atoms with Gasteiger partial charge in [-0.1, -0.05) is 24.3 Å². The molecule has 222 valence electrons. The number of carbonyl (C=O) groups is 1. The van der Waals surface area contributed by atoms with Gasteiger partial charge in [-0.05, 0) is 65.8 Å². The lowest BCUT2D eigenvalue weighted by Crippen LogP contribution is -2.25. The number of fused-ring (bicyclic) bond motifs is 2. The molecule has 2 heterocycles. The molecule has 4 atom stereocenters. The molecule has 0 bridgehead atoms. The number of aliphatic carboxylic acids is 1. The molecular weight excluding hydrogens is 571 g/mol. The SMILES string of the molecule is CS(=O)N1CC[C@@H](Oc2ccc(-c3c(C(F)(F)F)ccc4c3CC[C@H]4Oc3ccc4c(c3)OC[C@H]4CC(=O)O)cc2)C1. The van der Waals surface area contributed by atoms with Crippen LogP contribution in [0.2, 0.25) is 0 Å². The number of halogens is 3. The standard InChI is InChI=1S/C31H30F3NO6S/c1-42(38)35-13-12-22(16-35)40-20-4-2-18(3-5-20)30-25-9-11-27(24(25)8-10-26(30)31(32,33)34)41-21-6-7-23-19(14-29(36)37)17-39-28(23)15-21/h2-8,10,15,19,22,27H,9,11-14,16-17H2,1H3,(H,36,37)/t19-,22-,27-,42?/m1/s1. The maximum Gasteiger partial charge on any atom is 0.417 e. The van der Waals surface area contributed by atoms with E-state index in [-0.39, 0.29) is 30.6 Å². The summed E-state index contributed by atoms with van der Waals surface area (Å²) < 4.78 is 74.1. The largest absolute Gasteiger partial charge is 0.492 e. The molecule has 1 saturated heterocycles. The van der Waals surface area contributed by atoms with Crippen LogP contribution in [0.4, 0.5) is 13.2 Å². The number of ether oxygens (including phenoxy) is 3. The fraction of sp³-hybridized carbons (Fsp3) is 0.387. The van der Waals surface area contributed by atoms with E-state index in [9.17, 15) is 22.2 Å². The van der Waals surface area contributed by atoms with Crippen LogP contribution in [0.25, 0.3) is 11.1 Å². The summed E-state index contributed by atoms with van der Waals surface area (Å²) in [6, 6.07) is 14.6. The van der Waals surface area contributed by atoms with E-state index in [1.807, 2.05) is 4.31 Å². The number of carboxylic acid groups (broad SMARTS) is 1. The summed E-state index contributed by atoms with van der Waals surface area (Å²) in [7, 11) is -1.07. The number of hydrogen-bond donors (Lipinski definition) is 1. The molecule has 11 heteroatoms. The molecule has 3 aromatic carbocycles. The fourth-order valence-corrected chi connectivity index (χ4v) is 6.89. The summed E-state index contributed by atoms with van der Waals surface area (Å²) >= 11 is 0. The second-order valence-electron chi connectivity index (χ2n) is 10.9. The number of rotatable bonds is 8. The molecule has 7 nitrogen and oxygen atoms in total. The molecule has 0 spiro atoms. The first-order chi connectivity index (χ1) is 20.1. The highest BCUT2D eigenvalue weighted by atomic mass is 32.2. The van der Waals surface area contributed by atoms with Gasteiger partial charge in [0, 0.05) is 36.9 Å². The second kappa shape index (κ2) is 11.3. The quantitative estimate of drug-likeness (QED) is 0.334. The Balaban J connectivity index is 1.24. The highest BCUT2D eigenvalue weighted by Gasteiger charge is 2.38. The lowest BCUT2D eigenvalue weighted by atomic mass is 9.91. The molecular formula is C31H30F3NO6S. The number of nitrogens with zero attached hydrogens (tertiary/aromatic N) is 1. The van der Waals surface area contributed by atoms with Gasteiger partial charge in [0.1, 0.15) is 29.5 Å². The van der Waals surface area contributed by atoms with Gasteiger partial charge in [0.15, 0.2) is 0 Å². The summed E-state index contributed by atoms with van der Waals surface area (Å²) in [5.74, 6) is 0.517. The average molecular weight is 602 g/mol. The third kappa shape index (κ3) is 5.72. The van der Waals surface area contributed by atoms with Gasteiger partial charge in [-0.15, -0.1) is 0 Å². The summed E-state index contributed by atoms with van der Waals surface area (Å²) in [5, 5.41) is 9.14. The van der Waals surface area contributed by atoms with Crippen LogP contribution < -0.4 is 14.2 Å². The Morgan fingerprint density at radius 3 is 2.48 bits per heavy atom. The van der Waals surface area contributed by atoms with E-state index in [4.69, 9.17) is 19.3 Å². The van der Waals surface area contributed by atoms with Gasteiger partial charge in [-0.2, -0.15) is 13.2 Å². The molecule has 3 aliphatic rings. The molecule has 1 N–H and O–H groups in total. The minimum atomic E-state index is -4.54. The Morgan fingerprint density at radius 2 is 1.79 bits per heavy atom. The Morgan fingerprint density at radius 1 is 1.05 bits per heavy atom. The molecule has 0 amide bonds. The van der Waals surface area contributed by atoms with Gasteiger partial charge in [0.25, 0.3) is 0 Å². The van der Waals surface area contributed by atoms with Gasteiger partial charge in [0.05, 0.1) is 29.6 Å². The third-order valence-electron chi connectivity index (χ3n) is 8.14. The number of benzene rings is 3. The maximum atomic E-state index is 14.2. The first-order valence-electron chi connectivity index (χ1n) is 13.8. The van der Waals surface area contributed by atoms with Crippen LogP contribution in [0.3, 0.4) is 0 Å². The Bertz CT molecular complexity index is 1530. The zero-order valence-electron chi connectivity index (χ0n) is 22.9. The van der Waals surface area contributed by atoms with E-state index in [0.29, 0.717) is 59.9 Å². The highest BCUT2D eigenvalue weighted by Crippen LogP contribution is 2.47. The monoisotopic (exact) mass is 601 g/mol. The second-order valence-corrected chi connectivity index (χ2v) is 12.2. The van der Waals surface area contributed by atoms with Crippen molar-refractivity contribution in [1.82, 2.24) is 4.31 Å². The Kier molecular flexibility index (Phi) is 7.65. The van der Waals surface area contributed by atoms with Gasteiger partial charge in [-0.25, -0.2) is 8.51 Å². The van der Waals surface area contributed by atoms with E-state index in [0.717, 1.165) is 18.1 Å². The van der Waals surface area contributed by atoms with Gasteiger partial charge in [0.2, 0.25) is 0 Å². The molecule has 2 aliphatic heterocycles. The molecule has 1 unspecified atom stereocenters. The summed E-state index contributed by atoms with van der Waals surface area (Å²) in [6.07, 6.45) is -1.83. The van der Waals surface area contributed by atoms with Crippen LogP contribution in [0.15, 0.2) is 54.6 Å². The molecule has 1 aliphatic carbocycles. The predicted octanol–water partition coefficient (Wildman–Crippen LogP) is 6.14. The maximum absolute atomic E-state index is 14.2. The smallest absolute Gasteiger partial charge is 0.417 e. The molecule has 42 heavy (non-hydrogen) atoms. The van der Waals surface area contributed by atoms with Crippen molar-refractivity contribution in [1.29, 1.82) is 0 Å². The summed E-state index contributed by atoms with van der Waals surface area (Å²) in [5.41, 5.74) is 2.04. The molecule has 1 fully saturated rings. The van der Waals surface area contributed by atoms with Crippen molar-refractivity contribution in [2.75, 3.05) is 26.0 Å². The van der Waals surface area contributed by atoms with E-state index >= 15 is 0 Å². The minimum absolute atomic E-state index is 0.0270. The first-order valence-corrected chi connectivity index (χ1v) is 15.3. The number of alkyl halides is 3. The van der Waals surface area contributed by atoms with E-state index in [1.54, 1.807) is 48.7 Å². The molecule has 6 rings (SSSR count). The topological polar surface area (TPSA) is 85.3 Å². The lowest BCUT2D eigenvalue weighted by Gasteiger charge is -2.20. The van der Waals surface area contributed by atoms with E-state index in [2.05, 4.69) is 0 Å². The summed E-state index contributed by atoms with van der Waals surface area (Å²) in [6.45, 7) is 1.49. The van der Waals surface area contributed by atoms with E-state index in [1.165, 1.54) is 6.07 Å². The fourth-order valence-electron chi connectivity index (χ4n) is 6.15. The molecule has 3 aromatic rings. The predicted molar refractivity (Wildman–Crippen MR) is 150 cm³/mol. The molecule has 0 saturated carbocycles. The van der Waals surface area contributed by atoms with Crippen molar-refractivity contribution in [3.63, 3.8) is 0 Å². The van der Waals surface area contributed by atoms with E-state index < -0.39 is 34.8 Å². The zero-order chi connectivity index (χ0) is 29.6. The number of carboxylic acids is 1. The van der Waals surface area contributed by atoms with Crippen LogP contribution in [0.1, 0.15) is 53.5 Å². The van der Waals surface area contributed by atoms with Crippen molar-refractivity contribution >= 4 is 17.0 Å². The number of hydrogen-bond acceptors (Lipinski definition) is 5. The van der Waals surface area contributed by atoms with Crippen molar-refractivity contribution in [3.05, 3.63) is 76.9 Å². The highest BCUT2D eigenvalue weighted by molar-refractivity contribution is 7.81. The van der Waals surface area contributed by atoms with Crippen LogP contribution in [-0.2, 0) is 28.4 Å². The summed E-state index contributed by atoms with van der Waals surface area (Å²) in [4.78, 5) is 11.1.